The summed E-state index contributed by atoms with van der Waals surface area (Å²) in [7, 11) is 5.88. The molecule has 1 aliphatic heterocycles. The van der Waals surface area contributed by atoms with E-state index < -0.39 is 36.0 Å². The van der Waals surface area contributed by atoms with Gasteiger partial charge < -0.3 is 28.6 Å². The van der Waals surface area contributed by atoms with E-state index in [0.29, 0.717) is 11.4 Å². The summed E-state index contributed by atoms with van der Waals surface area (Å²) in [6, 6.07) is 3.40. The van der Waals surface area contributed by atoms with E-state index in [-0.39, 0.29) is 11.1 Å². The largest absolute Gasteiger partial charge is 0.497 e. The van der Waals surface area contributed by atoms with Gasteiger partial charge in [-0.15, -0.1) is 0 Å². The highest BCUT2D eigenvalue weighted by Gasteiger charge is 2.54. The Bertz CT molecular complexity index is 798. The van der Waals surface area contributed by atoms with Crippen LogP contribution in [0.5, 0.6) is 5.75 Å². The zero-order valence-corrected chi connectivity index (χ0v) is 16.6. The quantitative estimate of drug-likeness (QED) is 0.479. The van der Waals surface area contributed by atoms with Gasteiger partial charge in [-0.3, -0.25) is 0 Å². The summed E-state index contributed by atoms with van der Waals surface area (Å²) in [5.41, 5.74) is -0.397. The molecule has 29 heavy (non-hydrogen) atoms. The van der Waals surface area contributed by atoms with E-state index in [1.54, 1.807) is 24.3 Å². The maximum absolute atomic E-state index is 12.6. The third kappa shape index (κ3) is 3.86. The number of benzene rings is 1. The minimum absolute atomic E-state index is 0.330. The third-order valence-corrected chi connectivity index (χ3v) is 4.42. The van der Waals surface area contributed by atoms with Crippen molar-refractivity contribution in [2.75, 3.05) is 40.4 Å². The summed E-state index contributed by atoms with van der Waals surface area (Å²) >= 11 is 0. The van der Waals surface area contributed by atoms with E-state index in [4.69, 9.17) is 23.7 Å². The van der Waals surface area contributed by atoms with E-state index >= 15 is 0 Å². The monoisotopic (exact) mass is 407 g/mol. The molecule has 0 amide bonds. The van der Waals surface area contributed by atoms with Gasteiger partial charge in [0.05, 0.1) is 46.7 Å². The van der Waals surface area contributed by atoms with Crippen molar-refractivity contribution in [3.63, 3.8) is 0 Å². The number of esters is 4. The van der Waals surface area contributed by atoms with Crippen molar-refractivity contribution in [1.82, 2.24) is 0 Å². The van der Waals surface area contributed by atoms with Crippen molar-refractivity contribution in [3.8, 4) is 5.75 Å². The maximum atomic E-state index is 12.6. The minimum atomic E-state index is -1.45. The van der Waals surface area contributed by atoms with Crippen molar-refractivity contribution in [2.45, 2.75) is 12.1 Å². The number of ether oxygens (including phenoxy) is 5. The minimum Gasteiger partial charge on any atom is -0.497 e. The zero-order valence-electron chi connectivity index (χ0n) is 16.6. The topological polar surface area (TPSA) is 118 Å². The predicted molar refractivity (Wildman–Crippen MR) is 98.1 cm³/mol. The van der Waals surface area contributed by atoms with Gasteiger partial charge >= 0.3 is 23.9 Å². The first-order valence-corrected chi connectivity index (χ1v) is 8.34. The van der Waals surface area contributed by atoms with E-state index in [9.17, 15) is 19.2 Å². The lowest BCUT2D eigenvalue weighted by Crippen LogP contribution is -2.48. The van der Waals surface area contributed by atoms with Gasteiger partial charge in [-0.05, 0) is 24.3 Å². The lowest BCUT2D eigenvalue weighted by molar-refractivity contribution is -0.145. The molecule has 2 rings (SSSR count). The molecule has 1 aliphatic rings. The Morgan fingerprint density at radius 2 is 1.10 bits per heavy atom. The molecule has 0 fully saturated rings. The average molecular weight is 407 g/mol. The maximum Gasteiger partial charge on any atom is 0.337 e. The molecule has 1 heterocycles. The number of hydrogen-bond donors (Lipinski definition) is 0. The molecule has 1 aromatic rings. The molecule has 0 unspecified atom stereocenters. The van der Waals surface area contributed by atoms with Gasteiger partial charge in [-0.1, -0.05) is 0 Å². The Labute approximate surface area is 166 Å². The van der Waals surface area contributed by atoms with E-state index in [1.807, 2.05) is 0 Å². The molecule has 1 aromatic carbocycles. The van der Waals surface area contributed by atoms with E-state index in [1.165, 1.54) is 12.0 Å². The number of hydrogen-bond acceptors (Lipinski definition) is 10. The first-order chi connectivity index (χ1) is 13.9. The first kappa shape index (κ1) is 21.7. The molecular weight excluding hydrogens is 386 g/mol. The number of anilines is 1. The van der Waals surface area contributed by atoms with Crippen molar-refractivity contribution >= 4 is 29.6 Å². The molecule has 0 spiro atoms. The van der Waals surface area contributed by atoms with Crippen LogP contribution in [-0.2, 0) is 38.1 Å². The van der Waals surface area contributed by atoms with Crippen LogP contribution in [0.4, 0.5) is 5.69 Å². The highest BCUT2D eigenvalue weighted by atomic mass is 16.5. The van der Waals surface area contributed by atoms with Crippen molar-refractivity contribution in [3.05, 3.63) is 35.4 Å². The third-order valence-electron chi connectivity index (χ3n) is 4.42. The fourth-order valence-electron chi connectivity index (χ4n) is 3.12. The Balaban J connectivity index is 2.80. The molecule has 2 atom stereocenters. The predicted octanol–water partition coefficient (Wildman–Crippen LogP) is 0.241. The normalized spacial score (nSPS) is 18.2. The molecule has 10 nitrogen and oxygen atoms in total. The van der Waals surface area contributed by atoms with Gasteiger partial charge in [-0.2, -0.15) is 0 Å². The highest BCUT2D eigenvalue weighted by molar-refractivity contribution is 6.14. The lowest BCUT2D eigenvalue weighted by Gasteiger charge is -2.31. The van der Waals surface area contributed by atoms with Gasteiger partial charge in [-0.25, -0.2) is 19.2 Å². The van der Waals surface area contributed by atoms with Crippen LogP contribution < -0.4 is 9.64 Å². The molecule has 0 radical (unpaired) electrons. The number of carbonyl (C=O) groups is 4. The van der Waals surface area contributed by atoms with Crippen molar-refractivity contribution in [2.24, 2.45) is 0 Å². The van der Waals surface area contributed by atoms with Crippen LogP contribution in [0.2, 0.25) is 0 Å². The number of methoxy groups -OCH3 is 5. The molecule has 0 N–H and O–H groups in total. The van der Waals surface area contributed by atoms with Gasteiger partial charge in [0.2, 0.25) is 0 Å². The van der Waals surface area contributed by atoms with Crippen LogP contribution in [0.15, 0.2) is 35.4 Å². The second-order valence-corrected chi connectivity index (χ2v) is 5.77. The lowest BCUT2D eigenvalue weighted by atomic mass is 10.0. The van der Waals surface area contributed by atoms with Gasteiger partial charge in [0.25, 0.3) is 0 Å². The summed E-state index contributed by atoms with van der Waals surface area (Å²) in [4.78, 5) is 51.5. The Morgan fingerprint density at radius 1 is 0.690 bits per heavy atom. The summed E-state index contributed by atoms with van der Waals surface area (Å²) in [6.07, 6.45) is 0. The standard InChI is InChI=1S/C19H21NO9/c1-25-11-8-6-10(7-9-11)20-14(18(23)28-4)12(16(21)26-2)13(17(22)27-3)15(20)19(24)29-5/h6-9,14-15H,1-5H3/t14-,15+. The average Bonchev–Trinajstić information content (AvgIpc) is 3.12. The fraction of sp³-hybridized carbons (Fsp3) is 0.368. The van der Waals surface area contributed by atoms with Gasteiger partial charge in [0.1, 0.15) is 5.75 Å². The zero-order chi connectivity index (χ0) is 21.7. The van der Waals surface area contributed by atoms with Gasteiger partial charge in [0, 0.05) is 5.69 Å². The number of carbonyl (C=O) groups excluding carboxylic acids is 4. The fourth-order valence-corrected chi connectivity index (χ4v) is 3.12. The molecule has 0 saturated heterocycles. The van der Waals surface area contributed by atoms with Crippen molar-refractivity contribution < 1.29 is 42.9 Å². The summed E-state index contributed by atoms with van der Waals surface area (Å²) < 4.78 is 24.3. The van der Waals surface area contributed by atoms with Crippen LogP contribution in [-0.4, -0.2) is 71.5 Å². The Morgan fingerprint density at radius 3 is 1.41 bits per heavy atom. The summed E-state index contributed by atoms with van der Waals surface area (Å²) in [6.45, 7) is 0. The molecule has 10 heteroatoms. The van der Waals surface area contributed by atoms with E-state index in [2.05, 4.69) is 0 Å². The molecule has 0 saturated carbocycles. The second-order valence-electron chi connectivity index (χ2n) is 5.77. The molecule has 0 aromatic heterocycles. The molecular formula is C19H21NO9. The molecule has 156 valence electrons. The highest BCUT2D eigenvalue weighted by Crippen LogP contribution is 2.38. The van der Waals surface area contributed by atoms with Crippen LogP contribution in [0.3, 0.4) is 0 Å². The smallest absolute Gasteiger partial charge is 0.337 e. The van der Waals surface area contributed by atoms with Crippen LogP contribution in [0.1, 0.15) is 0 Å². The summed E-state index contributed by atoms with van der Waals surface area (Å²) in [5.74, 6) is -3.20. The van der Waals surface area contributed by atoms with Crippen LogP contribution in [0.25, 0.3) is 0 Å². The van der Waals surface area contributed by atoms with E-state index in [0.717, 1.165) is 28.4 Å². The molecule has 0 aliphatic carbocycles. The first-order valence-electron chi connectivity index (χ1n) is 8.34. The Kier molecular flexibility index (Phi) is 6.81. The van der Waals surface area contributed by atoms with Crippen molar-refractivity contribution in [1.29, 1.82) is 0 Å². The van der Waals surface area contributed by atoms with Gasteiger partial charge in [0.15, 0.2) is 12.1 Å². The molecule has 0 bridgehead atoms. The van der Waals surface area contributed by atoms with Crippen LogP contribution in [0, 0.1) is 0 Å². The van der Waals surface area contributed by atoms with Crippen LogP contribution >= 0.6 is 0 Å². The summed E-state index contributed by atoms with van der Waals surface area (Å²) in [5, 5.41) is 0. The number of nitrogens with zero attached hydrogens (tertiary/aromatic N) is 1. The SMILES string of the molecule is COC(=O)C1=C(C(=O)OC)[C@H](C(=O)OC)N(c2ccc(OC)cc2)[C@@H]1C(=O)OC. The number of rotatable bonds is 6. The second kappa shape index (κ2) is 9.09. The Hall–Kier alpha value is -3.56.